The van der Waals surface area contributed by atoms with Crippen LogP contribution in [0.5, 0.6) is 0 Å². The van der Waals surface area contributed by atoms with Gasteiger partial charge < -0.3 is 10.8 Å². The third-order valence-electron chi connectivity index (χ3n) is 5.47. The summed E-state index contributed by atoms with van der Waals surface area (Å²) < 4.78 is 14.5. The van der Waals surface area contributed by atoms with Gasteiger partial charge >= 0.3 is 5.97 Å². The number of aliphatic imine (C=N–C) groups is 1. The van der Waals surface area contributed by atoms with Gasteiger partial charge in [-0.05, 0) is 47.4 Å². The zero-order valence-corrected chi connectivity index (χ0v) is 17.0. The third kappa shape index (κ3) is 5.16. The van der Waals surface area contributed by atoms with E-state index in [1.165, 1.54) is 11.6 Å². The average Bonchev–Trinajstić information content (AvgIpc) is 2.72. The summed E-state index contributed by atoms with van der Waals surface area (Å²) in [7, 11) is 0. The number of carboxylic acid groups (broad SMARTS) is 1. The van der Waals surface area contributed by atoms with Crippen LogP contribution in [0.15, 0.2) is 71.7 Å². The Balaban J connectivity index is 1.43. The van der Waals surface area contributed by atoms with E-state index >= 15 is 0 Å². The molecular weight excluding hydrogens is 393 g/mol. The van der Waals surface area contributed by atoms with E-state index in [-0.39, 0.29) is 11.6 Å². The molecular formula is C25H24FN3O2. The fourth-order valence-corrected chi connectivity index (χ4v) is 3.68. The lowest BCUT2D eigenvalue weighted by atomic mass is 9.99. The Morgan fingerprint density at radius 2 is 1.81 bits per heavy atom. The standard InChI is InChI=1S/C25H24FN3O2/c26-22-12-19(14-29-15-21(16-29)25(30)31)7-9-24(22)28-13-20-11-18(6-8-23(20)27)10-17-4-2-1-3-5-17/h1-9,11-13,21H,10,14-16,27H2,(H,30,31). The van der Waals surface area contributed by atoms with Crippen LogP contribution in [0.1, 0.15) is 22.3 Å². The summed E-state index contributed by atoms with van der Waals surface area (Å²) >= 11 is 0. The van der Waals surface area contributed by atoms with Gasteiger partial charge in [0.1, 0.15) is 5.82 Å². The number of benzene rings is 3. The molecule has 1 aliphatic rings. The molecule has 4 rings (SSSR count). The lowest BCUT2D eigenvalue weighted by Crippen LogP contribution is -2.49. The van der Waals surface area contributed by atoms with Gasteiger partial charge in [0, 0.05) is 37.1 Å². The number of carbonyl (C=O) groups is 1. The molecule has 1 saturated heterocycles. The minimum absolute atomic E-state index is 0.239. The van der Waals surface area contributed by atoms with Gasteiger partial charge in [-0.25, -0.2) is 4.39 Å². The van der Waals surface area contributed by atoms with E-state index in [0.717, 1.165) is 23.1 Å². The maximum Gasteiger partial charge on any atom is 0.309 e. The molecule has 0 radical (unpaired) electrons. The molecule has 0 aromatic heterocycles. The summed E-state index contributed by atoms with van der Waals surface area (Å²) in [5.41, 5.74) is 10.8. The number of carboxylic acids is 1. The van der Waals surface area contributed by atoms with Crippen molar-refractivity contribution in [3.05, 3.63) is 94.8 Å². The molecule has 1 heterocycles. The third-order valence-corrected chi connectivity index (χ3v) is 5.47. The molecule has 0 atom stereocenters. The summed E-state index contributed by atoms with van der Waals surface area (Å²) in [6, 6.07) is 20.9. The highest BCUT2D eigenvalue weighted by Crippen LogP contribution is 2.24. The first-order valence-electron chi connectivity index (χ1n) is 10.2. The fraction of sp³-hybridized carbons (Fsp3) is 0.200. The Hall–Kier alpha value is -3.51. The Morgan fingerprint density at radius 1 is 1.06 bits per heavy atom. The zero-order valence-electron chi connectivity index (χ0n) is 17.0. The fourth-order valence-electron chi connectivity index (χ4n) is 3.68. The van der Waals surface area contributed by atoms with Crippen molar-refractivity contribution in [1.29, 1.82) is 0 Å². The Labute approximate surface area is 180 Å². The number of rotatable bonds is 7. The highest BCUT2D eigenvalue weighted by Gasteiger charge is 2.32. The number of nitrogens with two attached hydrogens (primary N) is 1. The van der Waals surface area contributed by atoms with Gasteiger partial charge in [-0.15, -0.1) is 0 Å². The monoisotopic (exact) mass is 417 g/mol. The van der Waals surface area contributed by atoms with Crippen LogP contribution >= 0.6 is 0 Å². The summed E-state index contributed by atoms with van der Waals surface area (Å²) in [6.07, 6.45) is 2.37. The largest absolute Gasteiger partial charge is 0.481 e. The number of nitrogen functional groups attached to an aromatic ring is 1. The smallest absolute Gasteiger partial charge is 0.309 e. The number of hydrogen-bond donors (Lipinski definition) is 2. The van der Waals surface area contributed by atoms with E-state index in [9.17, 15) is 9.18 Å². The Kier molecular flexibility index (Phi) is 6.09. The second-order valence-corrected chi connectivity index (χ2v) is 7.90. The van der Waals surface area contributed by atoms with E-state index in [0.29, 0.717) is 25.3 Å². The second-order valence-electron chi connectivity index (χ2n) is 7.90. The van der Waals surface area contributed by atoms with Crippen LogP contribution in [-0.2, 0) is 17.8 Å². The molecule has 0 spiro atoms. The lowest BCUT2D eigenvalue weighted by molar-refractivity contribution is -0.147. The Bertz CT molecular complexity index is 1110. The SMILES string of the molecule is Nc1ccc(Cc2ccccc2)cc1C=Nc1ccc(CN2CC(C(=O)O)C2)cc1F. The van der Waals surface area contributed by atoms with E-state index in [2.05, 4.69) is 17.1 Å². The zero-order chi connectivity index (χ0) is 21.8. The van der Waals surface area contributed by atoms with Crippen molar-refractivity contribution in [2.45, 2.75) is 13.0 Å². The maximum atomic E-state index is 14.5. The van der Waals surface area contributed by atoms with Crippen molar-refractivity contribution < 1.29 is 14.3 Å². The van der Waals surface area contributed by atoms with Gasteiger partial charge in [0.2, 0.25) is 0 Å². The lowest BCUT2D eigenvalue weighted by Gasteiger charge is -2.36. The van der Waals surface area contributed by atoms with Crippen LogP contribution in [0.25, 0.3) is 0 Å². The molecule has 158 valence electrons. The molecule has 0 amide bonds. The van der Waals surface area contributed by atoms with Crippen LogP contribution in [-0.4, -0.2) is 35.3 Å². The van der Waals surface area contributed by atoms with Crippen molar-refractivity contribution in [2.75, 3.05) is 18.8 Å². The minimum atomic E-state index is -0.778. The van der Waals surface area contributed by atoms with Gasteiger partial charge in [0.05, 0.1) is 11.6 Å². The van der Waals surface area contributed by atoms with Crippen LogP contribution in [0.4, 0.5) is 15.8 Å². The number of likely N-dealkylation sites (tertiary alicyclic amines) is 1. The maximum absolute atomic E-state index is 14.5. The Morgan fingerprint density at radius 3 is 2.52 bits per heavy atom. The summed E-state index contributed by atoms with van der Waals surface area (Å²) in [6.45, 7) is 1.52. The van der Waals surface area contributed by atoms with E-state index in [1.807, 2.05) is 47.4 Å². The molecule has 0 saturated carbocycles. The molecule has 0 aliphatic carbocycles. The molecule has 1 fully saturated rings. The average molecular weight is 417 g/mol. The van der Waals surface area contributed by atoms with E-state index in [1.54, 1.807) is 12.3 Å². The summed E-state index contributed by atoms with van der Waals surface area (Å²) in [5.74, 6) is -1.51. The van der Waals surface area contributed by atoms with Gasteiger partial charge in [-0.3, -0.25) is 14.7 Å². The van der Waals surface area contributed by atoms with Crippen LogP contribution in [0.2, 0.25) is 0 Å². The van der Waals surface area contributed by atoms with Crippen molar-refractivity contribution in [1.82, 2.24) is 4.90 Å². The molecule has 31 heavy (non-hydrogen) atoms. The van der Waals surface area contributed by atoms with Crippen LogP contribution < -0.4 is 5.73 Å². The number of hydrogen-bond acceptors (Lipinski definition) is 4. The molecule has 5 nitrogen and oxygen atoms in total. The summed E-state index contributed by atoms with van der Waals surface area (Å²) in [4.78, 5) is 17.2. The van der Waals surface area contributed by atoms with Gasteiger partial charge in [-0.2, -0.15) is 0 Å². The molecule has 1 aliphatic heterocycles. The number of anilines is 1. The highest BCUT2D eigenvalue weighted by atomic mass is 19.1. The van der Waals surface area contributed by atoms with Crippen molar-refractivity contribution in [3.8, 4) is 0 Å². The minimum Gasteiger partial charge on any atom is -0.481 e. The second kappa shape index (κ2) is 9.10. The predicted molar refractivity (Wildman–Crippen MR) is 120 cm³/mol. The molecule has 6 heteroatoms. The topological polar surface area (TPSA) is 78.9 Å². The first-order chi connectivity index (χ1) is 15.0. The van der Waals surface area contributed by atoms with E-state index in [4.69, 9.17) is 10.8 Å². The van der Waals surface area contributed by atoms with E-state index < -0.39 is 11.8 Å². The molecule has 0 unspecified atom stereocenters. The van der Waals surface area contributed by atoms with Crippen LogP contribution in [0, 0.1) is 11.7 Å². The molecule has 0 bridgehead atoms. The van der Waals surface area contributed by atoms with Crippen molar-refractivity contribution >= 4 is 23.6 Å². The highest BCUT2D eigenvalue weighted by molar-refractivity contribution is 5.88. The first-order valence-corrected chi connectivity index (χ1v) is 10.2. The number of aliphatic carboxylic acids is 1. The number of halogens is 1. The molecule has 3 N–H and O–H groups in total. The van der Waals surface area contributed by atoms with Crippen LogP contribution in [0.3, 0.4) is 0 Å². The van der Waals surface area contributed by atoms with Gasteiger partial charge in [0.25, 0.3) is 0 Å². The molecule has 3 aromatic rings. The van der Waals surface area contributed by atoms with Crippen molar-refractivity contribution in [2.24, 2.45) is 10.9 Å². The van der Waals surface area contributed by atoms with Gasteiger partial charge in [0.15, 0.2) is 0 Å². The quantitative estimate of drug-likeness (QED) is 0.445. The number of nitrogens with zero attached hydrogens (tertiary/aromatic N) is 2. The predicted octanol–water partition coefficient (Wildman–Crippen LogP) is 4.27. The first kappa shape index (κ1) is 20.8. The van der Waals surface area contributed by atoms with Crippen molar-refractivity contribution in [3.63, 3.8) is 0 Å². The molecule has 3 aromatic carbocycles. The summed E-state index contributed by atoms with van der Waals surface area (Å²) in [5, 5.41) is 8.95. The van der Waals surface area contributed by atoms with Gasteiger partial charge in [-0.1, -0.05) is 42.5 Å². The normalized spacial score (nSPS) is 14.6.